The third-order valence-corrected chi connectivity index (χ3v) is 5.73. The van der Waals surface area contributed by atoms with Gasteiger partial charge in [0.1, 0.15) is 5.82 Å². The lowest BCUT2D eigenvalue weighted by Crippen LogP contribution is -2.55. The van der Waals surface area contributed by atoms with E-state index in [0.29, 0.717) is 5.91 Å². The molecule has 1 N–H and O–H groups in total. The smallest absolute Gasteiger partial charge is 0.229 e. The predicted octanol–water partition coefficient (Wildman–Crippen LogP) is 0.476. The Labute approximate surface area is 147 Å². The van der Waals surface area contributed by atoms with E-state index in [2.05, 4.69) is 15.3 Å². The van der Waals surface area contributed by atoms with Gasteiger partial charge >= 0.3 is 0 Å². The van der Waals surface area contributed by atoms with Crippen molar-refractivity contribution in [3.05, 3.63) is 23.5 Å². The zero-order chi connectivity index (χ0) is 16.8. The van der Waals surface area contributed by atoms with Gasteiger partial charge in [-0.3, -0.25) is 4.79 Å². The SMILES string of the molecule is O=C(C1CN(c2c3c(nc4ccnn24)CCNCC3)C1)N1CCCC1. The summed E-state index contributed by atoms with van der Waals surface area (Å²) in [4.78, 5) is 21.8. The van der Waals surface area contributed by atoms with Crippen LogP contribution in [0.4, 0.5) is 5.82 Å². The average molecular weight is 340 g/mol. The van der Waals surface area contributed by atoms with Crippen LogP contribution in [-0.2, 0) is 17.6 Å². The van der Waals surface area contributed by atoms with Crippen molar-refractivity contribution in [2.24, 2.45) is 5.92 Å². The average Bonchev–Trinajstić information content (AvgIpc) is 3.20. The lowest BCUT2D eigenvalue weighted by atomic mass is 9.97. The fourth-order valence-corrected chi connectivity index (χ4v) is 4.34. The molecule has 3 aliphatic rings. The van der Waals surface area contributed by atoms with Crippen molar-refractivity contribution in [3.63, 3.8) is 0 Å². The van der Waals surface area contributed by atoms with E-state index in [4.69, 9.17) is 4.98 Å². The molecule has 5 heterocycles. The van der Waals surface area contributed by atoms with Crippen LogP contribution in [0.3, 0.4) is 0 Å². The number of hydrogen-bond acceptors (Lipinski definition) is 5. The van der Waals surface area contributed by atoms with Gasteiger partial charge in [-0.05, 0) is 25.8 Å². The Morgan fingerprint density at radius 3 is 2.80 bits per heavy atom. The van der Waals surface area contributed by atoms with E-state index >= 15 is 0 Å². The van der Waals surface area contributed by atoms with Crippen molar-refractivity contribution >= 4 is 17.4 Å². The second-order valence-electron chi connectivity index (χ2n) is 7.35. The van der Waals surface area contributed by atoms with Gasteiger partial charge in [0.25, 0.3) is 0 Å². The molecule has 0 bridgehead atoms. The normalized spacial score (nSPS) is 21.3. The molecule has 1 amide bonds. The zero-order valence-corrected chi connectivity index (χ0v) is 14.4. The van der Waals surface area contributed by atoms with E-state index in [-0.39, 0.29) is 5.92 Å². The number of nitrogens with one attached hydrogen (secondary N) is 1. The fraction of sp³-hybridized carbons (Fsp3) is 0.611. The van der Waals surface area contributed by atoms with Crippen LogP contribution in [-0.4, -0.2) is 64.7 Å². The van der Waals surface area contributed by atoms with E-state index in [0.717, 1.165) is 76.4 Å². The largest absolute Gasteiger partial charge is 0.354 e. The van der Waals surface area contributed by atoms with E-state index < -0.39 is 0 Å². The number of carbonyl (C=O) groups excluding carboxylic acids is 1. The first-order valence-corrected chi connectivity index (χ1v) is 9.41. The molecule has 2 aromatic heterocycles. The van der Waals surface area contributed by atoms with Crippen molar-refractivity contribution in [1.29, 1.82) is 0 Å². The van der Waals surface area contributed by atoms with Gasteiger partial charge in [-0.25, -0.2) is 4.98 Å². The van der Waals surface area contributed by atoms with Crippen LogP contribution in [0.5, 0.6) is 0 Å². The highest BCUT2D eigenvalue weighted by atomic mass is 16.2. The summed E-state index contributed by atoms with van der Waals surface area (Å²) < 4.78 is 1.96. The summed E-state index contributed by atoms with van der Waals surface area (Å²) in [7, 11) is 0. The summed E-state index contributed by atoms with van der Waals surface area (Å²) in [6.45, 7) is 5.42. The molecule has 0 spiro atoms. The van der Waals surface area contributed by atoms with E-state index in [1.165, 1.54) is 11.3 Å². The summed E-state index contributed by atoms with van der Waals surface area (Å²) in [5.74, 6) is 1.63. The highest BCUT2D eigenvalue weighted by Gasteiger charge is 2.38. The van der Waals surface area contributed by atoms with E-state index in [9.17, 15) is 4.79 Å². The topological polar surface area (TPSA) is 65.8 Å². The minimum Gasteiger partial charge on any atom is -0.354 e. The summed E-state index contributed by atoms with van der Waals surface area (Å²) in [6.07, 6.45) is 6.04. The summed E-state index contributed by atoms with van der Waals surface area (Å²) in [5.41, 5.74) is 3.39. The second-order valence-corrected chi connectivity index (χ2v) is 7.35. The minimum absolute atomic E-state index is 0.136. The zero-order valence-electron chi connectivity index (χ0n) is 14.4. The molecule has 0 aromatic carbocycles. The fourth-order valence-electron chi connectivity index (χ4n) is 4.34. The molecule has 2 aromatic rings. The quantitative estimate of drug-likeness (QED) is 0.861. The molecule has 132 valence electrons. The Morgan fingerprint density at radius 1 is 1.16 bits per heavy atom. The molecule has 0 unspecified atom stereocenters. The van der Waals surface area contributed by atoms with Gasteiger partial charge < -0.3 is 15.1 Å². The number of carbonyl (C=O) groups is 1. The number of anilines is 1. The molecule has 3 aliphatic heterocycles. The van der Waals surface area contributed by atoms with Crippen LogP contribution in [0, 0.1) is 5.92 Å². The van der Waals surface area contributed by atoms with E-state index in [1.54, 1.807) is 0 Å². The van der Waals surface area contributed by atoms with Crippen molar-refractivity contribution in [1.82, 2.24) is 24.8 Å². The van der Waals surface area contributed by atoms with Gasteiger partial charge in [0.15, 0.2) is 5.65 Å². The standard InChI is InChI=1S/C18H24N6O/c25-18(22-9-1-2-10-22)13-11-23(12-13)17-14-3-6-19-7-4-15(14)21-16-5-8-20-24(16)17/h5,8,13,19H,1-4,6-7,9-12H2. The highest BCUT2D eigenvalue weighted by Crippen LogP contribution is 2.32. The first kappa shape index (κ1) is 15.1. The molecular weight excluding hydrogens is 316 g/mol. The Bertz CT molecular complexity index is 803. The van der Waals surface area contributed by atoms with Crippen molar-refractivity contribution in [2.45, 2.75) is 25.7 Å². The van der Waals surface area contributed by atoms with Crippen LogP contribution in [0.15, 0.2) is 12.3 Å². The summed E-state index contributed by atoms with van der Waals surface area (Å²) in [5, 5.41) is 7.96. The molecule has 0 aliphatic carbocycles. The van der Waals surface area contributed by atoms with Gasteiger partial charge in [-0.15, -0.1) is 0 Å². The maximum Gasteiger partial charge on any atom is 0.229 e. The molecule has 25 heavy (non-hydrogen) atoms. The number of likely N-dealkylation sites (tertiary alicyclic amines) is 1. The Hall–Kier alpha value is -2.15. The van der Waals surface area contributed by atoms with Crippen molar-refractivity contribution in [3.8, 4) is 0 Å². The molecule has 0 radical (unpaired) electrons. The molecule has 0 atom stereocenters. The first-order chi connectivity index (χ1) is 12.3. The number of nitrogens with zero attached hydrogens (tertiary/aromatic N) is 5. The van der Waals surface area contributed by atoms with Gasteiger partial charge in [-0.1, -0.05) is 0 Å². The van der Waals surface area contributed by atoms with Crippen molar-refractivity contribution in [2.75, 3.05) is 44.2 Å². The minimum atomic E-state index is 0.136. The van der Waals surface area contributed by atoms with Crippen LogP contribution >= 0.6 is 0 Å². The molecule has 7 heteroatoms. The third-order valence-electron chi connectivity index (χ3n) is 5.73. The van der Waals surface area contributed by atoms with Gasteiger partial charge in [-0.2, -0.15) is 9.61 Å². The second kappa shape index (κ2) is 5.98. The van der Waals surface area contributed by atoms with Crippen LogP contribution in [0.25, 0.3) is 5.65 Å². The summed E-state index contributed by atoms with van der Waals surface area (Å²) in [6, 6.07) is 1.97. The Balaban J connectivity index is 1.44. The van der Waals surface area contributed by atoms with Crippen LogP contribution in [0.2, 0.25) is 0 Å². The molecule has 2 fully saturated rings. The van der Waals surface area contributed by atoms with Gasteiger partial charge in [0, 0.05) is 50.8 Å². The Kier molecular flexibility index (Phi) is 3.62. The predicted molar refractivity (Wildman–Crippen MR) is 94.8 cm³/mol. The van der Waals surface area contributed by atoms with Crippen molar-refractivity contribution < 1.29 is 4.79 Å². The monoisotopic (exact) mass is 340 g/mol. The van der Waals surface area contributed by atoms with Crippen LogP contribution in [0.1, 0.15) is 24.1 Å². The summed E-state index contributed by atoms with van der Waals surface area (Å²) >= 11 is 0. The maximum atomic E-state index is 12.6. The number of rotatable bonds is 2. The van der Waals surface area contributed by atoms with Gasteiger partial charge in [0.05, 0.1) is 17.8 Å². The molecule has 0 saturated carbocycles. The highest BCUT2D eigenvalue weighted by molar-refractivity contribution is 5.82. The first-order valence-electron chi connectivity index (χ1n) is 9.41. The lowest BCUT2D eigenvalue weighted by molar-refractivity contribution is -0.135. The number of hydrogen-bond donors (Lipinski definition) is 1. The number of amides is 1. The number of aromatic nitrogens is 3. The maximum absolute atomic E-state index is 12.6. The number of fused-ring (bicyclic) bond motifs is 2. The van der Waals surface area contributed by atoms with E-state index in [1.807, 2.05) is 21.7 Å². The molecule has 5 rings (SSSR count). The lowest BCUT2D eigenvalue weighted by Gasteiger charge is -2.42. The molecule has 7 nitrogen and oxygen atoms in total. The molecular formula is C18H24N6O. The van der Waals surface area contributed by atoms with Gasteiger partial charge in [0.2, 0.25) is 5.91 Å². The Morgan fingerprint density at radius 2 is 1.96 bits per heavy atom. The molecule has 2 saturated heterocycles. The van der Waals surface area contributed by atoms with Crippen LogP contribution < -0.4 is 10.2 Å². The third kappa shape index (κ3) is 2.49.